The minimum atomic E-state index is 0.719. The zero-order valence-corrected chi connectivity index (χ0v) is 18.6. The largest absolute Gasteiger partial charge is 0.497 e. The number of hydrogen-bond donors (Lipinski definition) is 0. The zero-order chi connectivity index (χ0) is 21.8. The van der Waals surface area contributed by atoms with Crippen molar-refractivity contribution in [1.82, 2.24) is 14.8 Å². The molecule has 0 radical (unpaired) electrons. The molecule has 0 unspecified atom stereocenters. The fourth-order valence-electron chi connectivity index (χ4n) is 3.75. The van der Waals surface area contributed by atoms with Crippen LogP contribution in [0.5, 0.6) is 5.75 Å². The van der Waals surface area contributed by atoms with Gasteiger partial charge in [0.15, 0.2) is 5.16 Å². The number of hydrogen-bond acceptors (Lipinski definition) is 4. The van der Waals surface area contributed by atoms with E-state index in [2.05, 4.69) is 93.6 Å². The highest BCUT2D eigenvalue weighted by Crippen LogP contribution is 2.28. The van der Waals surface area contributed by atoms with Gasteiger partial charge in [-0.1, -0.05) is 84.6 Å². The molecule has 4 aromatic carbocycles. The summed E-state index contributed by atoms with van der Waals surface area (Å²) in [4.78, 5) is 0. The first-order valence-electron chi connectivity index (χ1n) is 10.5. The molecule has 0 aliphatic heterocycles. The van der Waals surface area contributed by atoms with Gasteiger partial charge in [0.05, 0.1) is 7.11 Å². The number of aromatic nitrogens is 3. The van der Waals surface area contributed by atoms with E-state index in [0.717, 1.165) is 34.6 Å². The Labute approximate surface area is 191 Å². The summed E-state index contributed by atoms with van der Waals surface area (Å²) in [6.45, 7) is 0. The van der Waals surface area contributed by atoms with Crippen LogP contribution in [0, 0.1) is 0 Å². The monoisotopic (exact) mass is 437 g/mol. The normalized spacial score (nSPS) is 11.0. The minimum Gasteiger partial charge on any atom is -0.497 e. The van der Waals surface area contributed by atoms with Gasteiger partial charge in [-0.05, 0) is 46.2 Å². The minimum absolute atomic E-state index is 0.719. The number of methoxy groups -OCH3 is 1. The molecule has 0 amide bonds. The highest BCUT2D eigenvalue weighted by atomic mass is 32.2. The maximum Gasteiger partial charge on any atom is 0.196 e. The predicted molar refractivity (Wildman–Crippen MR) is 131 cm³/mol. The third-order valence-electron chi connectivity index (χ3n) is 5.42. The van der Waals surface area contributed by atoms with Gasteiger partial charge in [-0.2, -0.15) is 0 Å². The molecular weight excluding hydrogens is 414 g/mol. The molecular formula is C27H23N3OS. The van der Waals surface area contributed by atoms with Gasteiger partial charge in [0.25, 0.3) is 0 Å². The number of rotatable bonds is 7. The van der Waals surface area contributed by atoms with Crippen molar-refractivity contribution in [3.63, 3.8) is 0 Å². The third kappa shape index (κ3) is 4.39. The van der Waals surface area contributed by atoms with E-state index in [-0.39, 0.29) is 0 Å². The molecule has 5 heteroatoms. The molecule has 32 heavy (non-hydrogen) atoms. The van der Waals surface area contributed by atoms with E-state index in [4.69, 9.17) is 4.74 Å². The number of thioether (sulfide) groups is 1. The Balaban J connectivity index is 1.46. The lowest BCUT2D eigenvalue weighted by Gasteiger charge is -2.11. The SMILES string of the molecule is COc1ccc(-n2c(Cc3ccccc3)nnc2SCc2ccc3ccccc3c2)cc1. The summed E-state index contributed by atoms with van der Waals surface area (Å²) in [5.74, 6) is 2.57. The van der Waals surface area contributed by atoms with Crippen molar-refractivity contribution in [2.24, 2.45) is 0 Å². The molecule has 0 N–H and O–H groups in total. The summed E-state index contributed by atoms with van der Waals surface area (Å²) in [6.07, 6.45) is 0.719. The smallest absolute Gasteiger partial charge is 0.196 e. The maximum absolute atomic E-state index is 5.34. The van der Waals surface area contributed by atoms with Crippen LogP contribution in [0.4, 0.5) is 0 Å². The van der Waals surface area contributed by atoms with Gasteiger partial charge in [-0.3, -0.25) is 4.57 Å². The summed E-state index contributed by atoms with van der Waals surface area (Å²) >= 11 is 1.70. The van der Waals surface area contributed by atoms with Crippen molar-refractivity contribution < 1.29 is 4.74 Å². The van der Waals surface area contributed by atoms with Gasteiger partial charge in [0.1, 0.15) is 11.6 Å². The highest BCUT2D eigenvalue weighted by molar-refractivity contribution is 7.98. The van der Waals surface area contributed by atoms with Gasteiger partial charge in [0, 0.05) is 17.9 Å². The first kappa shape index (κ1) is 20.3. The van der Waals surface area contributed by atoms with Gasteiger partial charge in [-0.25, -0.2) is 0 Å². The van der Waals surface area contributed by atoms with Crippen LogP contribution in [-0.2, 0) is 12.2 Å². The summed E-state index contributed by atoms with van der Waals surface area (Å²) in [6, 6.07) is 33.5. The van der Waals surface area contributed by atoms with E-state index in [1.54, 1.807) is 18.9 Å². The molecule has 1 aromatic heterocycles. The summed E-state index contributed by atoms with van der Waals surface area (Å²) < 4.78 is 7.49. The van der Waals surface area contributed by atoms with E-state index in [0.29, 0.717) is 0 Å². The molecule has 0 aliphatic rings. The Morgan fingerprint density at radius 3 is 2.28 bits per heavy atom. The van der Waals surface area contributed by atoms with Crippen LogP contribution in [0.15, 0.2) is 102 Å². The Morgan fingerprint density at radius 2 is 1.50 bits per heavy atom. The van der Waals surface area contributed by atoms with Gasteiger partial charge < -0.3 is 4.74 Å². The lowest BCUT2D eigenvalue weighted by Crippen LogP contribution is -2.04. The Hall–Kier alpha value is -3.57. The molecule has 1 heterocycles. The van der Waals surface area contributed by atoms with Crippen LogP contribution in [0.25, 0.3) is 16.5 Å². The Bertz CT molecular complexity index is 1330. The van der Waals surface area contributed by atoms with Gasteiger partial charge >= 0.3 is 0 Å². The fourth-order valence-corrected chi connectivity index (χ4v) is 4.67. The summed E-state index contributed by atoms with van der Waals surface area (Å²) in [5, 5.41) is 12.5. The average Bonchev–Trinajstić information content (AvgIpc) is 3.25. The molecule has 0 fully saturated rings. The fraction of sp³-hybridized carbons (Fsp3) is 0.111. The molecule has 0 aliphatic carbocycles. The first-order chi connectivity index (χ1) is 15.8. The van der Waals surface area contributed by atoms with Crippen LogP contribution in [0.1, 0.15) is 17.0 Å². The van der Waals surface area contributed by atoms with Crippen molar-refractivity contribution in [3.05, 3.63) is 114 Å². The molecule has 4 nitrogen and oxygen atoms in total. The standard InChI is InChI=1S/C27H23N3OS/c1-31-25-15-13-24(14-16-25)30-26(18-20-7-3-2-4-8-20)28-29-27(30)32-19-21-11-12-22-9-5-6-10-23(22)17-21/h2-17H,18-19H2,1H3. The lowest BCUT2D eigenvalue weighted by atomic mass is 10.1. The van der Waals surface area contributed by atoms with Crippen molar-refractivity contribution in [2.75, 3.05) is 7.11 Å². The quantitative estimate of drug-likeness (QED) is 0.280. The van der Waals surface area contributed by atoms with Crippen LogP contribution >= 0.6 is 11.8 Å². The lowest BCUT2D eigenvalue weighted by molar-refractivity contribution is 0.414. The predicted octanol–water partition coefficient (Wildman–Crippen LogP) is 6.31. The zero-order valence-electron chi connectivity index (χ0n) is 17.8. The van der Waals surface area contributed by atoms with E-state index < -0.39 is 0 Å². The second-order valence-electron chi connectivity index (χ2n) is 7.56. The third-order valence-corrected chi connectivity index (χ3v) is 6.42. The van der Waals surface area contributed by atoms with Crippen LogP contribution in [0.2, 0.25) is 0 Å². The van der Waals surface area contributed by atoms with E-state index in [9.17, 15) is 0 Å². The molecule has 0 bridgehead atoms. The highest BCUT2D eigenvalue weighted by Gasteiger charge is 2.15. The Morgan fingerprint density at radius 1 is 0.750 bits per heavy atom. The second-order valence-corrected chi connectivity index (χ2v) is 8.51. The number of nitrogens with zero attached hydrogens (tertiary/aromatic N) is 3. The molecule has 5 rings (SSSR count). The second kappa shape index (κ2) is 9.28. The van der Waals surface area contributed by atoms with Gasteiger partial charge in [0.2, 0.25) is 0 Å². The van der Waals surface area contributed by atoms with Crippen LogP contribution in [-0.4, -0.2) is 21.9 Å². The van der Waals surface area contributed by atoms with Crippen molar-refractivity contribution >= 4 is 22.5 Å². The number of fused-ring (bicyclic) bond motifs is 1. The molecule has 5 aromatic rings. The van der Waals surface area contributed by atoms with E-state index >= 15 is 0 Å². The first-order valence-corrected chi connectivity index (χ1v) is 11.5. The van der Waals surface area contributed by atoms with E-state index in [1.807, 2.05) is 18.2 Å². The van der Waals surface area contributed by atoms with Crippen molar-refractivity contribution in [2.45, 2.75) is 17.3 Å². The molecule has 158 valence electrons. The topological polar surface area (TPSA) is 39.9 Å². The Kier molecular flexibility index (Phi) is 5.90. The van der Waals surface area contributed by atoms with Gasteiger partial charge in [-0.15, -0.1) is 10.2 Å². The number of benzene rings is 4. The van der Waals surface area contributed by atoms with E-state index in [1.165, 1.54) is 21.9 Å². The molecule has 0 saturated carbocycles. The van der Waals surface area contributed by atoms with Crippen LogP contribution < -0.4 is 4.74 Å². The van der Waals surface area contributed by atoms with Crippen molar-refractivity contribution in [3.8, 4) is 11.4 Å². The molecule has 0 spiro atoms. The molecule has 0 saturated heterocycles. The maximum atomic E-state index is 5.34. The van der Waals surface area contributed by atoms with Crippen molar-refractivity contribution in [1.29, 1.82) is 0 Å². The summed E-state index contributed by atoms with van der Waals surface area (Å²) in [5.41, 5.74) is 3.51. The van der Waals surface area contributed by atoms with Crippen LogP contribution in [0.3, 0.4) is 0 Å². The molecule has 0 atom stereocenters. The average molecular weight is 438 g/mol. The number of ether oxygens (including phenoxy) is 1. The summed E-state index contributed by atoms with van der Waals surface area (Å²) in [7, 11) is 1.68.